The Kier molecular flexibility index (Phi) is 3.27. The molecule has 18 heavy (non-hydrogen) atoms. The van der Waals surface area contributed by atoms with Crippen LogP contribution in [0.3, 0.4) is 0 Å². The predicted octanol–water partition coefficient (Wildman–Crippen LogP) is 0.735. The number of tetrazole rings is 1. The average molecular weight is 244 g/mol. The Morgan fingerprint density at radius 2 is 2.00 bits per heavy atom. The minimum absolute atomic E-state index is 0.662. The van der Waals surface area contributed by atoms with Gasteiger partial charge in [0, 0.05) is 24.5 Å². The van der Waals surface area contributed by atoms with E-state index >= 15 is 0 Å². The van der Waals surface area contributed by atoms with Crippen LogP contribution in [0, 0.1) is 5.92 Å². The minimum atomic E-state index is 0.662. The van der Waals surface area contributed by atoms with Crippen LogP contribution in [0.1, 0.15) is 12.8 Å². The molecule has 94 valence electrons. The van der Waals surface area contributed by atoms with Crippen molar-refractivity contribution >= 4 is 0 Å². The number of aromatic nitrogens is 5. The van der Waals surface area contributed by atoms with Crippen molar-refractivity contribution in [3.8, 4) is 11.4 Å². The highest BCUT2D eigenvalue weighted by atomic mass is 15.5. The quantitative estimate of drug-likeness (QED) is 0.862. The van der Waals surface area contributed by atoms with Gasteiger partial charge in [-0.15, -0.1) is 5.10 Å². The average Bonchev–Trinajstić information content (AvgIpc) is 2.89. The molecule has 0 radical (unpaired) electrons. The van der Waals surface area contributed by atoms with Crippen LogP contribution in [0.5, 0.6) is 0 Å². The molecule has 0 saturated carbocycles. The van der Waals surface area contributed by atoms with E-state index in [1.807, 2.05) is 16.8 Å². The predicted molar refractivity (Wildman–Crippen MR) is 66.6 cm³/mol. The maximum atomic E-state index is 4.11. The number of nitrogens with zero attached hydrogens (tertiary/aromatic N) is 5. The Balaban J connectivity index is 1.79. The molecule has 0 aromatic carbocycles. The van der Waals surface area contributed by atoms with Gasteiger partial charge in [-0.3, -0.25) is 4.98 Å². The molecule has 6 nitrogen and oxygen atoms in total. The van der Waals surface area contributed by atoms with Gasteiger partial charge < -0.3 is 5.32 Å². The second-order valence-electron chi connectivity index (χ2n) is 4.61. The number of hydrogen-bond acceptors (Lipinski definition) is 5. The van der Waals surface area contributed by atoms with Gasteiger partial charge in [0.15, 0.2) is 5.82 Å². The lowest BCUT2D eigenvalue weighted by atomic mass is 9.98. The summed E-state index contributed by atoms with van der Waals surface area (Å²) < 4.78 is 1.91. The second kappa shape index (κ2) is 5.22. The van der Waals surface area contributed by atoms with E-state index in [2.05, 4.69) is 25.8 Å². The first kappa shape index (κ1) is 11.3. The zero-order valence-electron chi connectivity index (χ0n) is 10.2. The van der Waals surface area contributed by atoms with Crippen LogP contribution >= 0.6 is 0 Å². The molecule has 1 N–H and O–H groups in total. The maximum Gasteiger partial charge on any atom is 0.182 e. The van der Waals surface area contributed by atoms with Gasteiger partial charge in [0.05, 0.1) is 0 Å². The molecule has 1 saturated heterocycles. The summed E-state index contributed by atoms with van der Waals surface area (Å²) in [6.45, 7) is 3.08. The molecule has 0 atom stereocenters. The van der Waals surface area contributed by atoms with Crippen molar-refractivity contribution in [2.45, 2.75) is 19.4 Å². The maximum absolute atomic E-state index is 4.11. The summed E-state index contributed by atoms with van der Waals surface area (Å²) in [4.78, 5) is 4.01. The Morgan fingerprint density at radius 3 is 2.78 bits per heavy atom. The lowest BCUT2D eigenvalue weighted by Gasteiger charge is -2.22. The fourth-order valence-corrected chi connectivity index (χ4v) is 2.34. The summed E-state index contributed by atoms with van der Waals surface area (Å²) in [6.07, 6.45) is 5.91. The zero-order valence-corrected chi connectivity index (χ0v) is 10.2. The summed E-state index contributed by atoms with van der Waals surface area (Å²) in [5, 5.41) is 15.4. The summed E-state index contributed by atoms with van der Waals surface area (Å²) in [6, 6.07) is 3.87. The molecule has 0 aliphatic carbocycles. The van der Waals surface area contributed by atoms with Crippen LogP contribution in [-0.2, 0) is 6.54 Å². The SMILES string of the molecule is c1cc(-c2nnnn2CC2CCNCC2)ccn1. The third-order valence-electron chi connectivity index (χ3n) is 3.36. The fourth-order valence-electron chi connectivity index (χ4n) is 2.34. The molecular formula is C12H16N6. The first-order valence-corrected chi connectivity index (χ1v) is 6.31. The molecule has 0 unspecified atom stereocenters. The van der Waals surface area contributed by atoms with Crippen LogP contribution in [0.25, 0.3) is 11.4 Å². The van der Waals surface area contributed by atoms with Crippen LogP contribution in [0.4, 0.5) is 0 Å². The molecule has 0 bridgehead atoms. The van der Waals surface area contributed by atoms with Gasteiger partial charge in [-0.2, -0.15) is 0 Å². The van der Waals surface area contributed by atoms with E-state index in [1.54, 1.807) is 12.4 Å². The zero-order chi connectivity index (χ0) is 12.2. The van der Waals surface area contributed by atoms with Crippen LogP contribution in [-0.4, -0.2) is 38.3 Å². The van der Waals surface area contributed by atoms with Crippen LogP contribution < -0.4 is 5.32 Å². The minimum Gasteiger partial charge on any atom is -0.317 e. The monoisotopic (exact) mass is 244 g/mol. The van der Waals surface area contributed by atoms with Crippen LogP contribution in [0.15, 0.2) is 24.5 Å². The highest BCUT2D eigenvalue weighted by molar-refractivity contribution is 5.52. The standard InChI is InChI=1S/C12H16N6/c1-5-13-6-2-10(1)9-18-12(15-16-17-18)11-3-7-14-8-4-11/h3-4,7-8,10,13H,1-2,5-6,9H2. The van der Waals surface area contributed by atoms with Gasteiger partial charge in [-0.25, -0.2) is 4.68 Å². The number of hydrogen-bond donors (Lipinski definition) is 1. The Bertz CT molecular complexity index is 488. The molecule has 0 amide bonds. The Morgan fingerprint density at radius 1 is 1.22 bits per heavy atom. The lowest BCUT2D eigenvalue weighted by molar-refractivity contribution is 0.320. The molecule has 0 spiro atoms. The summed E-state index contributed by atoms with van der Waals surface area (Å²) >= 11 is 0. The summed E-state index contributed by atoms with van der Waals surface area (Å²) in [5.41, 5.74) is 1.02. The topological polar surface area (TPSA) is 68.5 Å². The fraction of sp³-hybridized carbons (Fsp3) is 0.500. The highest BCUT2D eigenvalue weighted by Gasteiger charge is 2.17. The van der Waals surface area contributed by atoms with Gasteiger partial charge in [-0.1, -0.05) is 0 Å². The van der Waals surface area contributed by atoms with Crippen molar-refractivity contribution in [3.05, 3.63) is 24.5 Å². The summed E-state index contributed by atoms with van der Waals surface area (Å²) in [7, 11) is 0. The van der Waals surface area contributed by atoms with E-state index in [0.717, 1.165) is 31.0 Å². The first-order valence-electron chi connectivity index (χ1n) is 6.31. The lowest BCUT2D eigenvalue weighted by Crippen LogP contribution is -2.30. The third-order valence-corrected chi connectivity index (χ3v) is 3.36. The molecule has 3 heterocycles. The van der Waals surface area contributed by atoms with Gasteiger partial charge in [0.1, 0.15) is 0 Å². The number of nitrogens with one attached hydrogen (secondary N) is 1. The van der Waals surface area contributed by atoms with E-state index < -0.39 is 0 Å². The van der Waals surface area contributed by atoms with Crippen molar-refractivity contribution in [2.24, 2.45) is 5.92 Å². The van der Waals surface area contributed by atoms with Gasteiger partial charge >= 0.3 is 0 Å². The van der Waals surface area contributed by atoms with Crippen molar-refractivity contribution in [1.29, 1.82) is 0 Å². The molecule has 1 aliphatic rings. The van der Waals surface area contributed by atoms with Gasteiger partial charge in [-0.05, 0) is 54.4 Å². The van der Waals surface area contributed by atoms with Crippen LogP contribution in [0.2, 0.25) is 0 Å². The molecule has 2 aromatic heterocycles. The first-order chi connectivity index (χ1) is 8.93. The van der Waals surface area contributed by atoms with E-state index in [1.165, 1.54) is 12.8 Å². The second-order valence-corrected chi connectivity index (χ2v) is 4.61. The highest BCUT2D eigenvalue weighted by Crippen LogP contribution is 2.18. The molecule has 6 heteroatoms. The van der Waals surface area contributed by atoms with Crippen molar-refractivity contribution in [2.75, 3.05) is 13.1 Å². The Labute approximate surface area is 105 Å². The molecule has 1 aliphatic heterocycles. The van der Waals surface area contributed by atoms with E-state index in [4.69, 9.17) is 0 Å². The molecule has 3 rings (SSSR count). The Hall–Kier alpha value is -1.82. The van der Waals surface area contributed by atoms with Crippen molar-refractivity contribution in [3.63, 3.8) is 0 Å². The van der Waals surface area contributed by atoms with Gasteiger partial charge in [0.2, 0.25) is 0 Å². The normalized spacial score (nSPS) is 16.9. The van der Waals surface area contributed by atoms with E-state index in [-0.39, 0.29) is 0 Å². The smallest absolute Gasteiger partial charge is 0.182 e. The molecular weight excluding hydrogens is 228 g/mol. The van der Waals surface area contributed by atoms with E-state index in [0.29, 0.717) is 5.92 Å². The van der Waals surface area contributed by atoms with Gasteiger partial charge in [0.25, 0.3) is 0 Å². The largest absolute Gasteiger partial charge is 0.317 e. The van der Waals surface area contributed by atoms with Crippen molar-refractivity contribution in [1.82, 2.24) is 30.5 Å². The number of rotatable bonds is 3. The summed E-state index contributed by atoms with van der Waals surface area (Å²) in [5.74, 6) is 1.49. The molecule has 2 aromatic rings. The van der Waals surface area contributed by atoms with Crippen molar-refractivity contribution < 1.29 is 0 Å². The number of pyridine rings is 1. The number of piperidine rings is 1. The molecule has 1 fully saturated rings. The third kappa shape index (κ3) is 2.38. The van der Waals surface area contributed by atoms with E-state index in [9.17, 15) is 0 Å².